The van der Waals surface area contributed by atoms with Gasteiger partial charge in [-0.1, -0.05) is 0 Å². The van der Waals surface area contributed by atoms with Gasteiger partial charge in [-0.2, -0.15) is 10.2 Å². The molecule has 0 saturated heterocycles. The molecule has 0 aliphatic heterocycles. The van der Waals surface area contributed by atoms with Crippen LogP contribution in [-0.2, 0) is 0 Å². The van der Waals surface area contributed by atoms with E-state index in [4.69, 9.17) is 0 Å². The fraction of sp³-hybridized carbons (Fsp3) is 0.222. The Bertz CT molecular complexity index is 1090. The molecule has 4 aromatic rings. The third-order valence-corrected chi connectivity index (χ3v) is 4.19. The van der Waals surface area contributed by atoms with Crippen LogP contribution < -0.4 is 5.32 Å². The predicted molar refractivity (Wildman–Crippen MR) is 96.7 cm³/mol. The summed E-state index contributed by atoms with van der Waals surface area (Å²) in [7, 11) is 0. The predicted octanol–water partition coefficient (Wildman–Crippen LogP) is 3.45. The lowest BCUT2D eigenvalue weighted by atomic mass is 10.1. The van der Waals surface area contributed by atoms with E-state index in [0.717, 1.165) is 27.6 Å². The Morgan fingerprint density at radius 2 is 2.04 bits per heavy atom. The van der Waals surface area contributed by atoms with E-state index in [9.17, 15) is 4.79 Å². The van der Waals surface area contributed by atoms with Crippen molar-refractivity contribution in [2.75, 3.05) is 5.32 Å². The second-order valence-electron chi connectivity index (χ2n) is 6.34. The minimum absolute atomic E-state index is 0.188. The number of aromatic nitrogens is 5. The molecule has 3 heterocycles. The number of anilines is 1. The maximum Gasteiger partial charge on any atom is 0.257 e. The molecular formula is C18H18N6O. The summed E-state index contributed by atoms with van der Waals surface area (Å²) in [6, 6.07) is 7.67. The highest BCUT2D eigenvalue weighted by Gasteiger charge is 2.15. The van der Waals surface area contributed by atoms with Crippen LogP contribution in [0.15, 0.2) is 36.7 Å². The number of carbonyl (C=O) groups is 1. The highest BCUT2D eigenvalue weighted by molar-refractivity contribution is 6.07. The van der Waals surface area contributed by atoms with E-state index < -0.39 is 0 Å². The van der Waals surface area contributed by atoms with Crippen LogP contribution in [0.2, 0.25) is 0 Å². The second kappa shape index (κ2) is 5.70. The number of fused-ring (bicyclic) bond motifs is 2. The fourth-order valence-corrected chi connectivity index (χ4v) is 2.89. The van der Waals surface area contributed by atoms with Gasteiger partial charge in [0.15, 0.2) is 5.65 Å². The zero-order valence-corrected chi connectivity index (χ0v) is 14.2. The highest BCUT2D eigenvalue weighted by Crippen LogP contribution is 2.21. The van der Waals surface area contributed by atoms with Gasteiger partial charge in [-0.25, -0.2) is 9.67 Å². The summed E-state index contributed by atoms with van der Waals surface area (Å²) in [4.78, 5) is 17.3. The van der Waals surface area contributed by atoms with Gasteiger partial charge in [0, 0.05) is 22.5 Å². The van der Waals surface area contributed by atoms with E-state index in [2.05, 4.69) is 39.4 Å². The van der Waals surface area contributed by atoms with Crippen LogP contribution in [0.3, 0.4) is 0 Å². The third kappa shape index (κ3) is 2.63. The Morgan fingerprint density at radius 1 is 1.20 bits per heavy atom. The first-order valence-corrected chi connectivity index (χ1v) is 8.12. The van der Waals surface area contributed by atoms with E-state index in [1.807, 2.05) is 35.9 Å². The number of pyridine rings is 1. The topological polar surface area (TPSA) is 88.5 Å². The summed E-state index contributed by atoms with van der Waals surface area (Å²) < 4.78 is 1.86. The summed E-state index contributed by atoms with van der Waals surface area (Å²) in [5, 5.41) is 16.0. The van der Waals surface area contributed by atoms with Gasteiger partial charge in [-0.3, -0.25) is 9.89 Å². The Labute approximate surface area is 144 Å². The molecule has 25 heavy (non-hydrogen) atoms. The lowest BCUT2D eigenvalue weighted by Crippen LogP contribution is -2.14. The van der Waals surface area contributed by atoms with Crippen LogP contribution in [0.1, 0.15) is 35.9 Å². The van der Waals surface area contributed by atoms with Gasteiger partial charge in [0.1, 0.15) is 0 Å². The van der Waals surface area contributed by atoms with E-state index in [0.29, 0.717) is 11.3 Å². The average molecular weight is 334 g/mol. The molecule has 0 aliphatic rings. The summed E-state index contributed by atoms with van der Waals surface area (Å²) in [5.41, 5.74) is 3.67. The van der Waals surface area contributed by atoms with Crippen molar-refractivity contribution in [2.45, 2.75) is 26.8 Å². The lowest BCUT2D eigenvalue weighted by molar-refractivity contribution is 0.102. The van der Waals surface area contributed by atoms with Crippen molar-refractivity contribution in [3.05, 3.63) is 47.9 Å². The molecule has 0 saturated carbocycles. The molecule has 0 radical (unpaired) electrons. The number of nitrogens with zero attached hydrogens (tertiary/aromatic N) is 4. The number of amides is 1. The average Bonchev–Trinajstić information content (AvgIpc) is 3.19. The molecule has 0 unspecified atom stereocenters. The molecule has 1 aromatic carbocycles. The van der Waals surface area contributed by atoms with Crippen molar-refractivity contribution in [2.24, 2.45) is 0 Å². The largest absolute Gasteiger partial charge is 0.322 e. The Balaban J connectivity index is 1.68. The summed E-state index contributed by atoms with van der Waals surface area (Å²) in [6.07, 6.45) is 3.47. The first kappa shape index (κ1) is 15.3. The SMILES string of the molecule is Cc1nc2c(cnn2C(C)C)cc1C(=O)Nc1ccc2[nH]ncc2c1. The number of benzene rings is 1. The summed E-state index contributed by atoms with van der Waals surface area (Å²) in [5.74, 6) is -0.188. The van der Waals surface area contributed by atoms with E-state index in [1.165, 1.54) is 0 Å². The van der Waals surface area contributed by atoms with Gasteiger partial charge in [0.25, 0.3) is 5.91 Å². The van der Waals surface area contributed by atoms with Gasteiger partial charge >= 0.3 is 0 Å². The Hall–Kier alpha value is -3.22. The Kier molecular flexibility index (Phi) is 3.49. The van der Waals surface area contributed by atoms with Crippen molar-refractivity contribution >= 4 is 33.5 Å². The molecule has 126 valence electrons. The van der Waals surface area contributed by atoms with Crippen LogP contribution in [-0.4, -0.2) is 30.9 Å². The summed E-state index contributed by atoms with van der Waals surface area (Å²) in [6.45, 7) is 5.94. The van der Waals surface area contributed by atoms with Crippen LogP contribution in [0.25, 0.3) is 21.9 Å². The number of nitrogens with one attached hydrogen (secondary N) is 2. The normalized spacial score (nSPS) is 11.5. The number of aryl methyl sites for hydroxylation is 1. The highest BCUT2D eigenvalue weighted by atomic mass is 16.1. The smallest absolute Gasteiger partial charge is 0.257 e. The number of aromatic amines is 1. The van der Waals surface area contributed by atoms with Gasteiger partial charge in [-0.05, 0) is 45.0 Å². The molecule has 7 nitrogen and oxygen atoms in total. The fourth-order valence-electron chi connectivity index (χ4n) is 2.89. The zero-order valence-electron chi connectivity index (χ0n) is 14.2. The molecule has 0 atom stereocenters. The molecule has 0 fully saturated rings. The number of rotatable bonds is 3. The minimum Gasteiger partial charge on any atom is -0.322 e. The second-order valence-corrected chi connectivity index (χ2v) is 6.34. The molecule has 7 heteroatoms. The van der Waals surface area contributed by atoms with E-state index in [1.54, 1.807) is 12.4 Å². The number of H-pyrrole nitrogens is 1. The van der Waals surface area contributed by atoms with Crippen LogP contribution in [0.5, 0.6) is 0 Å². The quantitative estimate of drug-likeness (QED) is 0.600. The van der Waals surface area contributed by atoms with Gasteiger partial charge < -0.3 is 5.32 Å². The van der Waals surface area contributed by atoms with Gasteiger partial charge in [0.05, 0.1) is 29.2 Å². The minimum atomic E-state index is -0.188. The monoisotopic (exact) mass is 334 g/mol. The third-order valence-electron chi connectivity index (χ3n) is 4.19. The van der Waals surface area contributed by atoms with Gasteiger partial charge in [0.2, 0.25) is 0 Å². The maximum absolute atomic E-state index is 12.7. The van der Waals surface area contributed by atoms with Crippen molar-refractivity contribution in [3.63, 3.8) is 0 Å². The molecule has 3 aromatic heterocycles. The number of carbonyl (C=O) groups excluding carboxylic acids is 1. The zero-order chi connectivity index (χ0) is 17.6. The van der Waals surface area contributed by atoms with Crippen LogP contribution >= 0.6 is 0 Å². The van der Waals surface area contributed by atoms with Crippen molar-refractivity contribution < 1.29 is 4.79 Å². The number of hydrogen-bond donors (Lipinski definition) is 2. The standard InChI is InChI=1S/C18H18N6O/c1-10(2)24-17-13(9-20-24)7-15(11(3)21-17)18(25)22-14-4-5-16-12(6-14)8-19-23-16/h4-10H,1-3H3,(H,19,23)(H,22,25). The molecule has 2 N–H and O–H groups in total. The maximum atomic E-state index is 12.7. The van der Waals surface area contributed by atoms with Crippen molar-refractivity contribution in [1.82, 2.24) is 25.0 Å². The van der Waals surface area contributed by atoms with Crippen molar-refractivity contribution in [1.29, 1.82) is 0 Å². The molecule has 0 spiro atoms. The van der Waals surface area contributed by atoms with E-state index >= 15 is 0 Å². The molecule has 0 aliphatic carbocycles. The van der Waals surface area contributed by atoms with Gasteiger partial charge in [-0.15, -0.1) is 0 Å². The molecular weight excluding hydrogens is 316 g/mol. The van der Waals surface area contributed by atoms with Crippen LogP contribution in [0, 0.1) is 6.92 Å². The number of hydrogen-bond acceptors (Lipinski definition) is 4. The molecule has 4 rings (SSSR count). The Morgan fingerprint density at radius 3 is 2.84 bits per heavy atom. The summed E-state index contributed by atoms with van der Waals surface area (Å²) >= 11 is 0. The first-order valence-electron chi connectivity index (χ1n) is 8.12. The lowest BCUT2D eigenvalue weighted by Gasteiger charge is -2.10. The molecule has 1 amide bonds. The molecule has 0 bridgehead atoms. The van der Waals surface area contributed by atoms with Crippen LogP contribution in [0.4, 0.5) is 5.69 Å². The van der Waals surface area contributed by atoms with Crippen molar-refractivity contribution in [3.8, 4) is 0 Å². The first-order chi connectivity index (χ1) is 12.0. The van der Waals surface area contributed by atoms with E-state index in [-0.39, 0.29) is 11.9 Å².